The molecule has 19 heteroatoms. The summed E-state index contributed by atoms with van der Waals surface area (Å²) in [4.78, 5) is 39.2. The van der Waals surface area contributed by atoms with Crippen molar-refractivity contribution >= 4 is 52.3 Å². The second kappa shape index (κ2) is 21.1. The minimum absolute atomic E-state index is 0.0293. The van der Waals surface area contributed by atoms with Crippen molar-refractivity contribution in [3.63, 3.8) is 0 Å². The number of nitrogens with zero attached hydrogens (tertiary/aromatic N) is 6. The number of β-amino-alcohol motifs (C(OH)–C–C–N with tert-alkyl or cyclic N) is 1. The van der Waals surface area contributed by atoms with Gasteiger partial charge in [0.05, 0.1) is 57.2 Å². The Balaban J connectivity index is 0.844. The predicted molar refractivity (Wildman–Crippen MR) is 270 cm³/mol. The first kappa shape index (κ1) is 50.4. The quantitative estimate of drug-likeness (QED) is 0.0346. The number of carbonyl (C=O) groups excluding carboxylic acids is 2. The molecule has 6 heterocycles. The number of anilines is 2. The number of aromatic hydroxyl groups is 1. The normalized spacial score (nSPS) is 20.4. The van der Waals surface area contributed by atoms with Gasteiger partial charge in [0.1, 0.15) is 23.3 Å². The van der Waals surface area contributed by atoms with Gasteiger partial charge >= 0.3 is 0 Å². The van der Waals surface area contributed by atoms with Crippen molar-refractivity contribution in [2.75, 3.05) is 56.6 Å². The van der Waals surface area contributed by atoms with Gasteiger partial charge in [-0.25, -0.2) is 9.37 Å². The number of amidine groups is 1. The lowest BCUT2D eigenvalue weighted by atomic mass is 9.91. The SMILES string of the molecule is Cc1ncsc1-c1ccc([C@H](C)NC(=O)[C@@H]2C[C@@H](O)CN2C(=O)C(/C(O)=C/C(=N)N2CCC(CN3CCC(n4nc(NCC(C)(C)O)c5c4C=C(c4cccc(F)c4O)NN5)CC3)CC2)C(C)C)cc1. The van der Waals surface area contributed by atoms with Crippen molar-refractivity contribution in [3.8, 4) is 16.2 Å². The Labute approximate surface area is 413 Å². The lowest BCUT2D eigenvalue weighted by Gasteiger charge is -2.38. The molecule has 0 bridgehead atoms. The molecule has 0 aliphatic carbocycles. The van der Waals surface area contributed by atoms with Crippen molar-refractivity contribution in [2.45, 2.75) is 103 Å². The number of phenolic OH excluding ortho intramolecular Hbond substituents is 1. The zero-order valence-electron chi connectivity index (χ0n) is 40.9. The number of phenols is 1. The molecule has 4 atom stereocenters. The number of fused-ring (bicyclic) bond motifs is 1. The molecule has 1 unspecified atom stereocenters. The molecule has 17 nitrogen and oxygen atoms in total. The summed E-state index contributed by atoms with van der Waals surface area (Å²) < 4.78 is 16.3. The van der Waals surface area contributed by atoms with Crippen molar-refractivity contribution < 1.29 is 34.4 Å². The van der Waals surface area contributed by atoms with Crippen LogP contribution in [0.5, 0.6) is 5.75 Å². The molecule has 4 aromatic rings. The van der Waals surface area contributed by atoms with Gasteiger partial charge in [0, 0.05) is 63.9 Å². The van der Waals surface area contributed by atoms with Crippen molar-refractivity contribution in [3.05, 3.63) is 88.1 Å². The van der Waals surface area contributed by atoms with Crippen LogP contribution in [0.3, 0.4) is 0 Å². The number of piperidine rings is 2. The number of amides is 2. The lowest BCUT2D eigenvalue weighted by Crippen LogP contribution is -2.49. The van der Waals surface area contributed by atoms with Crippen LogP contribution in [0.15, 0.2) is 59.8 Å². The van der Waals surface area contributed by atoms with Crippen LogP contribution in [0.4, 0.5) is 15.9 Å². The van der Waals surface area contributed by atoms with E-state index in [2.05, 4.69) is 31.4 Å². The van der Waals surface area contributed by atoms with Gasteiger partial charge in [0.2, 0.25) is 11.8 Å². The van der Waals surface area contributed by atoms with E-state index in [0.29, 0.717) is 41.8 Å². The molecule has 376 valence electrons. The van der Waals surface area contributed by atoms with Crippen LogP contribution in [0.25, 0.3) is 22.2 Å². The number of aromatic nitrogens is 3. The van der Waals surface area contributed by atoms with Crippen molar-refractivity contribution in [1.82, 2.24) is 40.2 Å². The standard InChI is InChI=1S/C51H68FN11O6S/c1-29(2)44(50(68)62-26-36(64)22-41(62)49(67)56-30(3)33-10-12-34(13-11-33)47-31(4)55-28-70-47)42(65)24-43(53)61-20-14-32(15-21-61)25-60-18-16-35(17-19-60)63-40-23-39(37-8-7-9-38(52)46(37)66)57-58-45(40)48(59-63)54-27-51(5,6)69/h7-13,23-24,28-30,32,35-36,41,44,53,57-58,64-66,69H,14-22,25-27H2,1-6H3,(H,54,59)(H,56,67)/b42-24-,53-43?/t30-,36+,41-,44?/m0/s1. The lowest BCUT2D eigenvalue weighted by molar-refractivity contribution is -0.142. The summed E-state index contributed by atoms with van der Waals surface area (Å²) in [6, 6.07) is 11.1. The van der Waals surface area contributed by atoms with Crippen LogP contribution in [-0.2, 0) is 9.59 Å². The highest BCUT2D eigenvalue weighted by molar-refractivity contribution is 7.13. The molecule has 3 saturated heterocycles. The molecule has 0 saturated carbocycles. The van der Waals surface area contributed by atoms with Gasteiger partial charge in [0.15, 0.2) is 17.4 Å². The van der Waals surface area contributed by atoms with Crippen LogP contribution < -0.4 is 21.5 Å². The third-order valence-corrected chi connectivity index (χ3v) is 15.0. The third-order valence-electron chi connectivity index (χ3n) is 14.1. The number of aryl methyl sites for hydroxylation is 1. The van der Waals surface area contributed by atoms with Gasteiger partial charge in [-0.3, -0.25) is 30.5 Å². The number of rotatable bonds is 15. The summed E-state index contributed by atoms with van der Waals surface area (Å²) in [5, 5.41) is 63.4. The number of halogens is 1. The van der Waals surface area contributed by atoms with Crippen molar-refractivity contribution in [1.29, 1.82) is 5.41 Å². The van der Waals surface area contributed by atoms with Gasteiger partial charge in [-0.05, 0) is 94.5 Å². The number of likely N-dealkylation sites (tertiary alicyclic amines) is 3. The number of benzene rings is 2. The van der Waals surface area contributed by atoms with E-state index in [1.54, 1.807) is 37.3 Å². The van der Waals surface area contributed by atoms with Crippen LogP contribution in [0.1, 0.15) is 101 Å². The molecule has 70 heavy (non-hydrogen) atoms. The Kier molecular flexibility index (Phi) is 15.2. The van der Waals surface area contributed by atoms with Crippen LogP contribution in [0.2, 0.25) is 0 Å². The molecular formula is C51H68FN11O6S. The Hall–Kier alpha value is -6.02. The first-order chi connectivity index (χ1) is 33.3. The molecule has 2 aromatic heterocycles. The smallest absolute Gasteiger partial charge is 0.243 e. The minimum atomic E-state index is -1.00. The summed E-state index contributed by atoms with van der Waals surface area (Å²) in [7, 11) is 0. The molecule has 3 fully saturated rings. The Morgan fingerprint density at radius 2 is 1.76 bits per heavy atom. The predicted octanol–water partition coefficient (Wildman–Crippen LogP) is 6.65. The molecule has 0 radical (unpaired) electrons. The van der Waals surface area contributed by atoms with Gasteiger partial charge < -0.3 is 45.8 Å². The number of hydrogen-bond donors (Lipinski definition) is 9. The van der Waals surface area contributed by atoms with Gasteiger partial charge in [-0.1, -0.05) is 44.2 Å². The van der Waals surface area contributed by atoms with E-state index in [9.17, 15) is 34.4 Å². The van der Waals surface area contributed by atoms with E-state index in [1.807, 2.05) is 73.1 Å². The fourth-order valence-electron chi connectivity index (χ4n) is 10.1. The second-order valence-electron chi connectivity index (χ2n) is 20.3. The Bertz CT molecular complexity index is 2590. The summed E-state index contributed by atoms with van der Waals surface area (Å²) in [5.74, 6) is -2.45. The zero-order chi connectivity index (χ0) is 50.0. The molecule has 9 N–H and O–H groups in total. The molecule has 0 spiro atoms. The number of thiazole rings is 1. The molecule has 2 aromatic carbocycles. The van der Waals surface area contributed by atoms with Gasteiger partial charge in [-0.2, -0.15) is 5.10 Å². The number of nitrogens with one attached hydrogen (secondary N) is 5. The maximum absolute atomic E-state index is 14.3. The summed E-state index contributed by atoms with van der Waals surface area (Å²) in [5.41, 5.74) is 12.3. The number of aliphatic hydroxyl groups is 3. The third kappa shape index (κ3) is 11.3. The van der Waals surface area contributed by atoms with Crippen LogP contribution in [-0.4, -0.2) is 131 Å². The summed E-state index contributed by atoms with van der Waals surface area (Å²) in [6.07, 6.45) is 5.84. The van der Waals surface area contributed by atoms with E-state index in [4.69, 9.17) is 10.5 Å². The van der Waals surface area contributed by atoms with E-state index >= 15 is 0 Å². The Morgan fingerprint density at radius 3 is 2.41 bits per heavy atom. The first-order valence-electron chi connectivity index (χ1n) is 24.4. The zero-order valence-corrected chi connectivity index (χ0v) is 41.7. The number of aliphatic hydroxyl groups excluding tert-OH is 2. The average Bonchev–Trinajstić information content (AvgIpc) is 4.05. The molecular weight excluding hydrogens is 914 g/mol. The highest BCUT2D eigenvalue weighted by atomic mass is 32.1. The van der Waals surface area contributed by atoms with Gasteiger partial charge in [0.25, 0.3) is 0 Å². The summed E-state index contributed by atoms with van der Waals surface area (Å²) in [6.45, 7) is 15.1. The number of carbonyl (C=O) groups is 2. The maximum Gasteiger partial charge on any atom is 0.243 e. The average molecular weight is 982 g/mol. The highest BCUT2D eigenvalue weighted by Crippen LogP contribution is 2.39. The van der Waals surface area contributed by atoms with Gasteiger partial charge in [-0.15, -0.1) is 11.3 Å². The van der Waals surface area contributed by atoms with Crippen LogP contribution in [0, 0.1) is 35.9 Å². The topological polar surface area (TPSA) is 227 Å². The fraction of sp³-hybridized carbons (Fsp3) is 0.510. The second-order valence-corrected chi connectivity index (χ2v) is 21.2. The maximum atomic E-state index is 14.3. The van der Waals surface area contributed by atoms with Crippen LogP contribution >= 0.6 is 11.3 Å². The molecule has 4 aliphatic heterocycles. The highest BCUT2D eigenvalue weighted by Gasteiger charge is 2.43. The first-order valence-corrected chi connectivity index (χ1v) is 25.3. The monoisotopic (exact) mass is 982 g/mol. The van der Waals surface area contributed by atoms with E-state index in [0.717, 1.165) is 72.7 Å². The number of hydrazine groups is 1. The fourth-order valence-corrected chi connectivity index (χ4v) is 10.9. The molecule has 8 rings (SSSR count). The van der Waals surface area contributed by atoms with E-state index in [-0.39, 0.29) is 55.0 Å². The van der Waals surface area contributed by atoms with E-state index < -0.39 is 41.1 Å². The van der Waals surface area contributed by atoms with E-state index in [1.165, 1.54) is 17.0 Å². The minimum Gasteiger partial charge on any atom is -0.511 e. The molecule has 2 amide bonds. The largest absolute Gasteiger partial charge is 0.511 e. The van der Waals surface area contributed by atoms with Crippen molar-refractivity contribution in [2.24, 2.45) is 17.8 Å². The molecule has 4 aliphatic rings. The Morgan fingerprint density at radius 1 is 1.04 bits per heavy atom. The number of para-hydroxylation sites is 1. The summed E-state index contributed by atoms with van der Waals surface area (Å²) >= 11 is 1.57. The number of hydrogen-bond acceptors (Lipinski definition) is 14.